The number of hydrogen-bond acceptors (Lipinski definition) is 4. The maximum absolute atomic E-state index is 4.72. The van der Waals surface area contributed by atoms with Crippen molar-refractivity contribution in [2.75, 3.05) is 12.4 Å². The van der Waals surface area contributed by atoms with Crippen LogP contribution in [0.2, 0.25) is 0 Å². The normalized spacial score (nSPS) is 10.6. The van der Waals surface area contributed by atoms with Crippen LogP contribution in [0.3, 0.4) is 0 Å². The average Bonchev–Trinajstić information content (AvgIpc) is 2.45. The first-order chi connectivity index (χ1) is 9.65. The highest BCUT2D eigenvalue weighted by atomic mass is 32.2. The summed E-state index contributed by atoms with van der Waals surface area (Å²) < 4.78 is 0. The summed E-state index contributed by atoms with van der Waals surface area (Å²) in [4.78, 5) is 10.5. The van der Waals surface area contributed by atoms with Crippen molar-refractivity contribution in [2.45, 2.75) is 43.5 Å². The van der Waals surface area contributed by atoms with Gasteiger partial charge in [-0.1, -0.05) is 36.9 Å². The number of nitrogens with one attached hydrogen (secondary N) is 1. The van der Waals surface area contributed by atoms with Crippen LogP contribution in [0.4, 0.5) is 5.82 Å². The molecule has 0 aliphatic heterocycles. The average molecular weight is 287 g/mol. The fourth-order valence-corrected chi connectivity index (χ4v) is 2.98. The van der Waals surface area contributed by atoms with Gasteiger partial charge in [-0.3, -0.25) is 0 Å². The van der Waals surface area contributed by atoms with E-state index in [-0.39, 0.29) is 0 Å². The molecule has 0 bridgehead atoms. The van der Waals surface area contributed by atoms with Crippen molar-refractivity contribution in [1.82, 2.24) is 9.97 Å². The SMILES string of the molecule is CCCc1nc(NC)c(C)c(Sc2ccccc2C)n1. The molecule has 0 amide bonds. The van der Waals surface area contributed by atoms with Crippen LogP contribution in [0.5, 0.6) is 0 Å². The molecule has 106 valence electrons. The molecule has 1 aromatic heterocycles. The zero-order chi connectivity index (χ0) is 14.5. The van der Waals surface area contributed by atoms with Crippen molar-refractivity contribution in [3.8, 4) is 0 Å². The molecular weight excluding hydrogens is 266 g/mol. The third-order valence-electron chi connectivity index (χ3n) is 3.16. The Balaban J connectivity index is 2.39. The summed E-state index contributed by atoms with van der Waals surface area (Å²) in [7, 11) is 1.91. The molecule has 20 heavy (non-hydrogen) atoms. The largest absolute Gasteiger partial charge is 0.373 e. The lowest BCUT2D eigenvalue weighted by Gasteiger charge is -2.12. The van der Waals surface area contributed by atoms with Crippen LogP contribution in [0, 0.1) is 13.8 Å². The first-order valence-corrected chi connectivity index (χ1v) is 7.76. The highest BCUT2D eigenvalue weighted by Crippen LogP contribution is 2.33. The van der Waals surface area contributed by atoms with E-state index in [0.717, 1.165) is 35.1 Å². The molecule has 0 spiro atoms. The molecule has 0 radical (unpaired) electrons. The molecule has 0 aliphatic carbocycles. The van der Waals surface area contributed by atoms with E-state index in [2.05, 4.69) is 55.3 Å². The van der Waals surface area contributed by atoms with Gasteiger partial charge in [0.25, 0.3) is 0 Å². The molecule has 0 aliphatic rings. The first-order valence-electron chi connectivity index (χ1n) is 6.94. The third kappa shape index (κ3) is 3.31. The molecule has 3 nitrogen and oxygen atoms in total. The molecular formula is C16H21N3S. The predicted molar refractivity (Wildman–Crippen MR) is 85.6 cm³/mol. The Morgan fingerprint density at radius 3 is 2.55 bits per heavy atom. The Bertz CT molecular complexity index is 596. The summed E-state index contributed by atoms with van der Waals surface area (Å²) in [5, 5.41) is 4.21. The number of rotatable bonds is 5. The molecule has 0 saturated carbocycles. The van der Waals surface area contributed by atoms with Crippen molar-refractivity contribution in [1.29, 1.82) is 0 Å². The maximum atomic E-state index is 4.72. The molecule has 0 saturated heterocycles. The molecule has 1 N–H and O–H groups in total. The Morgan fingerprint density at radius 1 is 1.15 bits per heavy atom. The minimum Gasteiger partial charge on any atom is -0.373 e. The Labute approximate surface area is 125 Å². The fraction of sp³-hybridized carbons (Fsp3) is 0.375. The molecule has 0 atom stereocenters. The van der Waals surface area contributed by atoms with Gasteiger partial charge in [0, 0.05) is 23.9 Å². The van der Waals surface area contributed by atoms with Crippen LogP contribution in [-0.4, -0.2) is 17.0 Å². The molecule has 2 rings (SSSR count). The Morgan fingerprint density at radius 2 is 1.90 bits per heavy atom. The van der Waals surface area contributed by atoms with E-state index in [0.29, 0.717) is 0 Å². The fourth-order valence-electron chi connectivity index (χ4n) is 1.99. The van der Waals surface area contributed by atoms with Crippen LogP contribution >= 0.6 is 11.8 Å². The Hall–Kier alpha value is -1.55. The predicted octanol–water partition coefficient (Wildman–Crippen LogP) is 4.24. The minimum atomic E-state index is 0.913. The van der Waals surface area contributed by atoms with Crippen molar-refractivity contribution in [3.63, 3.8) is 0 Å². The lowest BCUT2D eigenvalue weighted by atomic mass is 10.2. The summed E-state index contributed by atoms with van der Waals surface area (Å²) in [5.41, 5.74) is 2.39. The highest BCUT2D eigenvalue weighted by Gasteiger charge is 2.12. The van der Waals surface area contributed by atoms with Gasteiger partial charge < -0.3 is 5.32 Å². The smallest absolute Gasteiger partial charge is 0.133 e. The highest BCUT2D eigenvalue weighted by molar-refractivity contribution is 7.99. The Kier molecular flexibility index (Phi) is 5.01. The van der Waals surface area contributed by atoms with Crippen molar-refractivity contribution < 1.29 is 0 Å². The van der Waals surface area contributed by atoms with Crippen LogP contribution in [0.1, 0.15) is 30.3 Å². The van der Waals surface area contributed by atoms with E-state index in [9.17, 15) is 0 Å². The van der Waals surface area contributed by atoms with Gasteiger partial charge in [-0.25, -0.2) is 9.97 Å². The number of aryl methyl sites for hydroxylation is 2. The van der Waals surface area contributed by atoms with Crippen LogP contribution in [0.15, 0.2) is 34.2 Å². The molecule has 0 fully saturated rings. The quantitative estimate of drug-likeness (QED) is 0.835. The summed E-state index contributed by atoms with van der Waals surface area (Å²) in [6.45, 7) is 6.35. The van der Waals surface area contributed by atoms with E-state index in [1.54, 1.807) is 11.8 Å². The summed E-state index contributed by atoms with van der Waals surface area (Å²) in [6, 6.07) is 8.40. The molecule has 1 aromatic carbocycles. The number of aromatic nitrogens is 2. The number of benzene rings is 1. The van der Waals surface area contributed by atoms with E-state index in [4.69, 9.17) is 4.98 Å². The number of anilines is 1. The van der Waals surface area contributed by atoms with Crippen LogP contribution < -0.4 is 5.32 Å². The molecule has 1 heterocycles. The minimum absolute atomic E-state index is 0.913. The zero-order valence-corrected chi connectivity index (χ0v) is 13.3. The standard InChI is InChI=1S/C16H21N3S/c1-5-8-14-18-15(17-4)12(3)16(19-14)20-13-10-7-6-9-11(13)2/h6-7,9-10H,5,8H2,1-4H3,(H,17,18,19). The van der Waals surface area contributed by atoms with Gasteiger partial charge in [-0.05, 0) is 31.9 Å². The van der Waals surface area contributed by atoms with E-state index in [1.165, 1.54) is 10.5 Å². The topological polar surface area (TPSA) is 37.8 Å². The maximum Gasteiger partial charge on any atom is 0.133 e. The van der Waals surface area contributed by atoms with Gasteiger partial charge in [-0.15, -0.1) is 0 Å². The second-order valence-corrected chi connectivity index (χ2v) is 5.82. The lowest BCUT2D eigenvalue weighted by molar-refractivity contribution is 0.804. The van der Waals surface area contributed by atoms with Crippen LogP contribution in [-0.2, 0) is 6.42 Å². The van der Waals surface area contributed by atoms with Gasteiger partial charge in [0.2, 0.25) is 0 Å². The van der Waals surface area contributed by atoms with Gasteiger partial charge >= 0.3 is 0 Å². The van der Waals surface area contributed by atoms with Crippen molar-refractivity contribution in [2.24, 2.45) is 0 Å². The van der Waals surface area contributed by atoms with Crippen molar-refractivity contribution in [3.05, 3.63) is 41.2 Å². The van der Waals surface area contributed by atoms with Gasteiger partial charge in [0.05, 0.1) is 0 Å². The van der Waals surface area contributed by atoms with E-state index in [1.807, 2.05) is 7.05 Å². The monoisotopic (exact) mass is 287 g/mol. The molecule has 4 heteroatoms. The third-order valence-corrected chi connectivity index (χ3v) is 4.43. The van der Waals surface area contributed by atoms with Gasteiger partial charge in [0.15, 0.2) is 0 Å². The van der Waals surface area contributed by atoms with Gasteiger partial charge in [-0.2, -0.15) is 0 Å². The first kappa shape index (κ1) is 14.9. The van der Waals surface area contributed by atoms with Crippen LogP contribution in [0.25, 0.3) is 0 Å². The zero-order valence-electron chi connectivity index (χ0n) is 12.5. The lowest BCUT2D eigenvalue weighted by Crippen LogP contribution is -2.04. The van der Waals surface area contributed by atoms with Crippen molar-refractivity contribution >= 4 is 17.6 Å². The second-order valence-electron chi connectivity index (χ2n) is 4.79. The summed E-state index contributed by atoms with van der Waals surface area (Å²) in [6.07, 6.45) is 1.97. The summed E-state index contributed by atoms with van der Waals surface area (Å²) in [5.74, 6) is 1.85. The van der Waals surface area contributed by atoms with Gasteiger partial charge in [0.1, 0.15) is 16.7 Å². The molecule has 2 aromatic rings. The van der Waals surface area contributed by atoms with E-state index < -0.39 is 0 Å². The summed E-state index contributed by atoms with van der Waals surface area (Å²) >= 11 is 1.72. The number of nitrogens with zero attached hydrogens (tertiary/aromatic N) is 2. The van der Waals surface area contributed by atoms with E-state index >= 15 is 0 Å². The number of hydrogen-bond donors (Lipinski definition) is 1. The second kappa shape index (κ2) is 6.75. The molecule has 0 unspecified atom stereocenters.